The number of rotatable bonds is 6. The molecular formula is C27H32FN5O3. The van der Waals surface area contributed by atoms with E-state index < -0.39 is 5.60 Å². The van der Waals surface area contributed by atoms with E-state index in [1.54, 1.807) is 17.0 Å². The number of amides is 1. The van der Waals surface area contributed by atoms with Gasteiger partial charge in [-0.2, -0.15) is 0 Å². The third kappa shape index (κ3) is 6.62. The number of nitrogens with one attached hydrogen (secondary N) is 1. The van der Waals surface area contributed by atoms with Gasteiger partial charge in [-0.3, -0.25) is 0 Å². The molecule has 1 aromatic heterocycles. The number of ether oxygens (including phenoxy) is 2. The number of halogens is 1. The van der Waals surface area contributed by atoms with Crippen molar-refractivity contribution in [1.82, 2.24) is 14.9 Å². The van der Waals surface area contributed by atoms with Crippen LogP contribution in [0.4, 0.5) is 20.8 Å². The zero-order chi connectivity index (χ0) is 25.7. The Balaban J connectivity index is 1.37. The monoisotopic (exact) mass is 493 g/mol. The fourth-order valence-electron chi connectivity index (χ4n) is 4.03. The number of carbonyl (C=O) groups excluding carboxylic acids is 1. The lowest BCUT2D eigenvalue weighted by atomic mass is 9.97. The highest BCUT2D eigenvalue weighted by atomic mass is 19.1. The van der Waals surface area contributed by atoms with Gasteiger partial charge in [0, 0.05) is 19.6 Å². The third-order valence-corrected chi connectivity index (χ3v) is 5.89. The Kier molecular flexibility index (Phi) is 7.57. The van der Waals surface area contributed by atoms with Crippen LogP contribution in [0.5, 0.6) is 11.5 Å². The summed E-state index contributed by atoms with van der Waals surface area (Å²) in [6.45, 7) is 7.65. The van der Waals surface area contributed by atoms with Crippen molar-refractivity contribution in [3.8, 4) is 22.6 Å². The van der Waals surface area contributed by atoms with Gasteiger partial charge in [-0.1, -0.05) is 12.1 Å². The summed E-state index contributed by atoms with van der Waals surface area (Å²) < 4.78 is 24.4. The SMILES string of the molecule is CC(C)(C)OC(=O)N1CCC(CNc2ncnc(N)c2-c2ccc(Oc3ccc(F)cc3)cc2)CC1. The maximum atomic E-state index is 13.1. The number of hydrogen-bond donors (Lipinski definition) is 2. The minimum Gasteiger partial charge on any atom is -0.457 e. The van der Waals surface area contributed by atoms with Crippen LogP contribution in [0.15, 0.2) is 54.9 Å². The molecule has 0 saturated carbocycles. The van der Waals surface area contributed by atoms with Crippen LogP contribution in [0.1, 0.15) is 33.6 Å². The summed E-state index contributed by atoms with van der Waals surface area (Å²) in [4.78, 5) is 22.7. The molecule has 0 atom stereocenters. The standard InChI is InChI=1S/C27H32FN5O3/c1-27(2,3)36-26(34)33-14-12-18(13-15-33)16-30-25-23(24(29)31-17-32-25)19-4-8-21(9-5-19)35-22-10-6-20(28)7-11-22/h4-11,17-18H,12-16H2,1-3H3,(H3,29,30,31,32). The van der Waals surface area contributed by atoms with Crippen LogP contribution in [-0.2, 0) is 4.74 Å². The first-order chi connectivity index (χ1) is 17.2. The highest BCUT2D eigenvalue weighted by Gasteiger charge is 2.27. The summed E-state index contributed by atoms with van der Waals surface area (Å²) in [7, 11) is 0. The van der Waals surface area contributed by atoms with Crippen LogP contribution in [-0.4, -0.2) is 46.2 Å². The summed E-state index contributed by atoms with van der Waals surface area (Å²) in [5.41, 5.74) is 7.30. The Morgan fingerprint density at radius 3 is 2.28 bits per heavy atom. The van der Waals surface area contributed by atoms with Gasteiger partial charge >= 0.3 is 6.09 Å². The van der Waals surface area contributed by atoms with Gasteiger partial charge in [0.25, 0.3) is 0 Å². The van der Waals surface area contributed by atoms with Gasteiger partial charge < -0.3 is 25.4 Å². The molecule has 0 spiro atoms. The lowest BCUT2D eigenvalue weighted by molar-refractivity contribution is 0.0188. The number of nitrogens with zero attached hydrogens (tertiary/aromatic N) is 3. The highest BCUT2D eigenvalue weighted by Crippen LogP contribution is 2.33. The second-order valence-electron chi connectivity index (χ2n) is 9.85. The number of anilines is 2. The molecule has 1 aliphatic rings. The molecule has 9 heteroatoms. The van der Waals surface area contributed by atoms with E-state index >= 15 is 0 Å². The van der Waals surface area contributed by atoms with Gasteiger partial charge in [0.05, 0.1) is 5.56 Å². The molecule has 2 heterocycles. The first kappa shape index (κ1) is 25.2. The van der Waals surface area contributed by atoms with E-state index in [9.17, 15) is 9.18 Å². The van der Waals surface area contributed by atoms with Crippen LogP contribution >= 0.6 is 0 Å². The van der Waals surface area contributed by atoms with Crippen molar-refractivity contribution in [2.45, 2.75) is 39.2 Å². The minimum atomic E-state index is -0.496. The summed E-state index contributed by atoms with van der Waals surface area (Å²) in [6, 6.07) is 13.3. The molecular weight excluding hydrogens is 461 g/mol. The lowest BCUT2D eigenvalue weighted by Crippen LogP contribution is -2.42. The van der Waals surface area contributed by atoms with E-state index in [0.717, 1.165) is 24.0 Å². The van der Waals surface area contributed by atoms with E-state index in [1.165, 1.54) is 18.5 Å². The Bertz CT molecular complexity index is 1170. The van der Waals surface area contributed by atoms with Crippen molar-refractivity contribution < 1.29 is 18.7 Å². The number of aromatic nitrogens is 2. The maximum absolute atomic E-state index is 13.1. The van der Waals surface area contributed by atoms with Gasteiger partial charge in [0.1, 0.15) is 40.9 Å². The molecule has 2 aromatic carbocycles. The summed E-state index contributed by atoms with van der Waals surface area (Å²) >= 11 is 0. The fraction of sp³-hybridized carbons (Fsp3) is 0.370. The Hall–Kier alpha value is -3.88. The second-order valence-corrected chi connectivity index (χ2v) is 9.85. The van der Waals surface area contributed by atoms with Crippen molar-refractivity contribution in [3.63, 3.8) is 0 Å². The molecule has 1 amide bonds. The van der Waals surface area contributed by atoms with Crippen LogP contribution < -0.4 is 15.8 Å². The van der Waals surface area contributed by atoms with E-state index in [0.29, 0.717) is 48.7 Å². The van der Waals surface area contributed by atoms with Gasteiger partial charge in [0.2, 0.25) is 0 Å². The van der Waals surface area contributed by atoms with Crippen LogP contribution in [0, 0.1) is 11.7 Å². The van der Waals surface area contributed by atoms with Crippen molar-refractivity contribution in [3.05, 3.63) is 60.7 Å². The summed E-state index contributed by atoms with van der Waals surface area (Å²) in [6.07, 6.45) is 2.93. The fourth-order valence-corrected chi connectivity index (χ4v) is 4.03. The first-order valence-electron chi connectivity index (χ1n) is 12.0. The normalized spacial score (nSPS) is 14.4. The average molecular weight is 494 g/mol. The molecule has 36 heavy (non-hydrogen) atoms. The van der Waals surface area contributed by atoms with Gasteiger partial charge in [-0.05, 0) is 81.5 Å². The van der Waals surface area contributed by atoms with Crippen LogP contribution in [0.3, 0.4) is 0 Å². The number of hydrogen-bond acceptors (Lipinski definition) is 7. The third-order valence-electron chi connectivity index (χ3n) is 5.89. The number of nitrogen functional groups attached to an aromatic ring is 1. The van der Waals surface area contributed by atoms with Crippen molar-refractivity contribution in [1.29, 1.82) is 0 Å². The molecule has 1 saturated heterocycles. The maximum Gasteiger partial charge on any atom is 0.410 e. The van der Waals surface area contributed by atoms with Gasteiger partial charge in [-0.15, -0.1) is 0 Å². The Morgan fingerprint density at radius 2 is 1.67 bits per heavy atom. The zero-order valence-electron chi connectivity index (χ0n) is 20.8. The van der Waals surface area contributed by atoms with Gasteiger partial charge in [-0.25, -0.2) is 19.2 Å². The number of benzene rings is 2. The Labute approximate surface area is 210 Å². The largest absolute Gasteiger partial charge is 0.457 e. The molecule has 0 radical (unpaired) electrons. The predicted molar refractivity (Wildman–Crippen MR) is 137 cm³/mol. The molecule has 1 fully saturated rings. The van der Waals surface area contributed by atoms with Crippen molar-refractivity contribution >= 4 is 17.7 Å². The van der Waals surface area contributed by atoms with Crippen LogP contribution in [0.25, 0.3) is 11.1 Å². The molecule has 3 aromatic rings. The van der Waals surface area contributed by atoms with Gasteiger partial charge in [0.15, 0.2) is 0 Å². The topological polar surface area (TPSA) is 103 Å². The molecule has 190 valence electrons. The van der Waals surface area contributed by atoms with E-state index in [-0.39, 0.29) is 11.9 Å². The number of carbonyl (C=O) groups is 1. The average Bonchev–Trinajstić information content (AvgIpc) is 2.84. The molecule has 0 unspecified atom stereocenters. The van der Waals surface area contributed by atoms with E-state index in [4.69, 9.17) is 15.2 Å². The first-order valence-corrected chi connectivity index (χ1v) is 12.0. The second kappa shape index (κ2) is 10.8. The van der Waals surface area contributed by atoms with E-state index in [2.05, 4.69) is 15.3 Å². The lowest BCUT2D eigenvalue weighted by Gasteiger charge is -2.33. The molecule has 8 nitrogen and oxygen atoms in total. The number of nitrogens with two attached hydrogens (primary N) is 1. The Morgan fingerprint density at radius 1 is 1.06 bits per heavy atom. The number of piperidine rings is 1. The minimum absolute atomic E-state index is 0.258. The zero-order valence-corrected chi connectivity index (χ0v) is 20.8. The molecule has 0 aliphatic carbocycles. The van der Waals surface area contributed by atoms with Crippen molar-refractivity contribution in [2.24, 2.45) is 5.92 Å². The molecule has 0 bridgehead atoms. The van der Waals surface area contributed by atoms with Crippen LogP contribution in [0.2, 0.25) is 0 Å². The molecule has 3 N–H and O–H groups in total. The highest BCUT2D eigenvalue weighted by molar-refractivity contribution is 5.83. The predicted octanol–water partition coefficient (Wildman–Crippen LogP) is 5.72. The quantitative estimate of drug-likeness (QED) is 0.453. The summed E-state index contributed by atoms with van der Waals surface area (Å²) in [5.74, 6) is 2.27. The number of likely N-dealkylation sites (tertiary alicyclic amines) is 1. The smallest absolute Gasteiger partial charge is 0.410 e. The van der Waals surface area contributed by atoms with Crippen molar-refractivity contribution in [2.75, 3.05) is 30.7 Å². The van der Waals surface area contributed by atoms with E-state index in [1.807, 2.05) is 45.0 Å². The summed E-state index contributed by atoms with van der Waals surface area (Å²) in [5, 5.41) is 3.43. The molecule has 4 rings (SSSR count). The molecule has 1 aliphatic heterocycles.